The van der Waals surface area contributed by atoms with Gasteiger partial charge < -0.3 is 15.7 Å². The molecule has 1 atom stereocenters. The van der Waals surface area contributed by atoms with E-state index < -0.39 is 5.54 Å². The maximum absolute atomic E-state index is 12.0. The van der Waals surface area contributed by atoms with Gasteiger partial charge in [0.25, 0.3) is 0 Å². The fraction of sp³-hybridized carbons (Fsp3) is 0.909. The van der Waals surface area contributed by atoms with E-state index in [1.807, 2.05) is 4.90 Å². The molecule has 2 rings (SSSR count). The minimum absolute atomic E-state index is 0.0263. The second-order valence-corrected chi connectivity index (χ2v) is 5.01. The van der Waals surface area contributed by atoms with Crippen LogP contribution in [0.3, 0.4) is 0 Å². The van der Waals surface area contributed by atoms with Gasteiger partial charge in [0.05, 0.1) is 12.1 Å². The van der Waals surface area contributed by atoms with Crippen molar-refractivity contribution in [1.82, 2.24) is 4.90 Å². The Morgan fingerprint density at radius 2 is 2.20 bits per heavy atom. The lowest BCUT2D eigenvalue weighted by atomic mass is 9.83. The SMILES string of the molecule is NC1(CO)CCCN(C(=O)C2CCC2)C1. The van der Waals surface area contributed by atoms with Gasteiger partial charge in [-0.25, -0.2) is 0 Å². The number of rotatable bonds is 2. The van der Waals surface area contributed by atoms with Gasteiger partial charge in [0.15, 0.2) is 0 Å². The first-order valence-corrected chi connectivity index (χ1v) is 5.83. The predicted molar refractivity (Wildman–Crippen MR) is 57.2 cm³/mol. The minimum atomic E-state index is -0.558. The van der Waals surface area contributed by atoms with Crippen LogP contribution >= 0.6 is 0 Å². The molecule has 4 heteroatoms. The van der Waals surface area contributed by atoms with Gasteiger partial charge in [0, 0.05) is 19.0 Å². The van der Waals surface area contributed by atoms with E-state index in [0.717, 1.165) is 32.2 Å². The summed E-state index contributed by atoms with van der Waals surface area (Å²) in [4.78, 5) is 13.8. The number of amides is 1. The summed E-state index contributed by atoms with van der Waals surface area (Å²) in [6, 6.07) is 0. The second kappa shape index (κ2) is 4.10. The highest BCUT2D eigenvalue weighted by Crippen LogP contribution is 2.30. The van der Waals surface area contributed by atoms with Crippen molar-refractivity contribution in [3.05, 3.63) is 0 Å². The van der Waals surface area contributed by atoms with Gasteiger partial charge in [-0.15, -0.1) is 0 Å². The van der Waals surface area contributed by atoms with E-state index in [1.165, 1.54) is 6.42 Å². The number of nitrogens with two attached hydrogens (primary N) is 1. The van der Waals surface area contributed by atoms with E-state index in [1.54, 1.807) is 0 Å². The van der Waals surface area contributed by atoms with E-state index >= 15 is 0 Å². The Labute approximate surface area is 90.4 Å². The van der Waals surface area contributed by atoms with E-state index in [2.05, 4.69) is 0 Å². The normalized spacial score (nSPS) is 32.5. The number of hydrogen-bond donors (Lipinski definition) is 2. The van der Waals surface area contributed by atoms with E-state index in [0.29, 0.717) is 6.54 Å². The fourth-order valence-electron chi connectivity index (χ4n) is 2.39. The van der Waals surface area contributed by atoms with Gasteiger partial charge in [0.1, 0.15) is 0 Å². The zero-order valence-electron chi connectivity index (χ0n) is 9.11. The van der Waals surface area contributed by atoms with Gasteiger partial charge in [-0.2, -0.15) is 0 Å². The van der Waals surface area contributed by atoms with Crippen LogP contribution in [0.2, 0.25) is 0 Å². The summed E-state index contributed by atoms with van der Waals surface area (Å²) in [6.45, 7) is 1.31. The van der Waals surface area contributed by atoms with Gasteiger partial charge in [-0.05, 0) is 25.7 Å². The van der Waals surface area contributed by atoms with Crippen LogP contribution in [0.15, 0.2) is 0 Å². The molecule has 2 aliphatic rings. The van der Waals surface area contributed by atoms with E-state index in [-0.39, 0.29) is 18.4 Å². The molecule has 86 valence electrons. The Kier molecular flexibility index (Phi) is 2.98. The predicted octanol–water partition coefficient (Wildman–Crippen LogP) is 0.0987. The number of hydrogen-bond acceptors (Lipinski definition) is 3. The van der Waals surface area contributed by atoms with Crippen molar-refractivity contribution >= 4 is 5.91 Å². The summed E-state index contributed by atoms with van der Waals surface area (Å²) in [6.07, 6.45) is 4.98. The van der Waals surface area contributed by atoms with E-state index in [4.69, 9.17) is 5.73 Å². The fourth-order valence-corrected chi connectivity index (χ4v) is 2.39. The molecule has 0 bridgehead atoms. The third kappa shape index (κ3) is 2.16. The number of piperidine rings is 1. The van der Waals surface area contributed by atoms with Crippen molar-refractivity contribution in [2.45, 2.75) is 37.6 Å². The Hall–Kier alpha value is -0.610. The summed E-state index contributed by atoms with van der Waals surface area (Å²) in [5.74, 6) is 0.496. The molecule has 0 aromatic heterocycles. The Morgan fingerprint density at radius 3 is 2.73 bits per heavy atom. The maximum Gasteiger partial charge on any atom is 0.225 e. The third-order valence-corrected chi connectivity index (χ3v) is 3.69. The van der Waals surface area contributed by atoms with Crippen LogP contribution in [0.5, 0.6) is 0 Å². The van der Waals surface area contributed by atoms with Crippen LogP contribution in [0, 0.1) is 5.92 Å². The summed E-state index contributed by atoms with van der Waals surface area (Å²) in [5, 5.41) is 9.20. The van der Waals surface area contributed by atoms with Crippen molar-refractivity contribution in [2.75, 3.05) is 19.7 Å². The van der Waals surface area contributed by atoms with Crippen molar-refractivity contribution in [3.8, 4) is 0 Å². The molecule has 15 heavy (non-hydrogen) atoms. The molecular formula is C11H20N2O2. The number of nitrogens with zero attached hydrogens (tertiary/aromatic N) is 1. The molecular weight excluding hydrogens is 192 g/mol. The van der Waals surface area contributed by atoms with Gasteiger partial charge >= 0.3 is 0 Å². The van der Waals surface area contributed by atoms with Crippen molar-refractivity contribution < 1.29 is 9.90 Å². The smallest absolute Gasteiger partial charge is 0.225 e. The second-order valence-electron chi connectivity index (χ2n) is 5.01. The average molecular weight is 212 g/mol. The van der Waals surface area contributed by atoms with Crippen LogP contribution < -0.4 is 5.73 Å². The van der Waals surface area contributed by atoms with Crippen LogP contribution in [-0.2, 0) is 4.79 Å². The molecule has 0 spiro atoms. The lowest BCUT2D eigenvalue weighted by Gasteiger charge is -2.41. The van der Waals surface area contributed by atoms with Crippen LogP contribution in [0.25, 0.3) is 0 Å². The molecule has 0 radical (unpaired) electrons. The molecule has 1 saturated heterocycles. The highest BCUT2D eigenvalue weighted by molar-refractivity contribution is 5.79. The molecule has 0 aromatic rings. The number of aliphatic hydroxyl groups is 1. The van der Waals surface area contributed by atoms with Crippen LogP contribution in [-0.4, -0.2) is 41.1 Å². The zero-order valence-corrected chi connectivity index (χ0v) is 9.11. The standard InChI is InChI=1S/C11H20N2O2/c12-11(8-14)5-2-6-13(7-11)10(15)9-3-1-4-9/h9,14H,1-8,12H2. The summed E-state index contributed by atoms with van der Waals surface area (Å²) in [5.41, 5.74) is 5.44. The third-order valence-electron chi connectivity index (χ3n) is 3.69. The van der Waals surface area contributed by atoms with E-state index in [9.17, 15) is 9.90 Å². The lowest BCUT2D eigenvalue weighted by Crippen LogP contribution is -2.59. The Bertz CT molecular complexity index is 253. The monoisotopic (exact) mass is 212 g/mol. The quantitative estimate of drug-likeness (QED) is 0.682. The van der Waals surface area contributed by atoms with Gasteiger partial charge in [-0.1, -0.05) is 6.42 Å². The topological polar surface area (TPSA) is 66.6 Å². The number of aliphatic hydroxyl groups excluding tert-OH is 1. The average Bonchev–Trinajstić information content (AvgIpc) is 2.15. The van der Waals surface area contributed by atoms with Gasteiger partial charge in [0.2, 0.25) is 5.91 Å². The van der Waals surface area contributed by atoms with Crippen molar-refractivity contribution in [1.29, 1.82) is 0 Å². The van der Waals surface area contributed by atoms with Crippen LogP contribution in [0.4, 0.5) is 0 Å². The first-order chi connectivity index (χ1) is 7.14. The minimum Gasteiger partial charge on any atom is -0.394 e. The Morgan fingerprint density at radius 1 is 1.47 bits per heavy atom. The Balaban J connectivity index is 1.94. The molecule has 1 aliphatic carbocycles. The number of carbonyl (C=O) groups excluding carboxylic acids is 1. The molecule has 3 N–H and O–H groups in total. The maximum atomic E-state index is 12.0. The van der Waals surface area contributed by atoms with Crippen LogP contribution in [0.1, 0.15) is 32.1 Å². The molecule has 1 unspecified atom stereocenters. The highest BCUT2D eigenvalue weighted by Gasteiger charge is 2.36. The molecule has 0 aromatic carbocycles. The molecule has 1 heterocycles. The van der Waals surface area contributed by atoms with Crippen molar-refractivity contribution in [2.24, 2.45) is 11.7 Å². The lowest BCUT2D eigenvalue weighted by molar-refractivity contribution is -0.140. The summed E-state index contributed by atoms with van der Waals surface area (Å²) in [7, 11) is 0. The zero-order chi connectivity index (χ0) is 10.9. The van der Waals surface area contributed by atoms with Gasteiger partial charge in [-0.3, -0.25) is 4.79 Å². The highest BCUT2D eigenvalue weighted by atomic mass is 16.3. The molecule has 1 saturated carbocycles. The molecule has 1 aliphatic heterocycles. The summed E-state index contributed by atoms with van der Waals surface area (Å²) < 4.78 is 0. The largest absolute Gasteiger partial charge is 0.394 e. The summed E-state index contributed by atoms with van der Waals surface area (Å²) >= 11 is 0. The number of likely N-dealkylation sites (tertiary alicyclic amines) is 1. The number of carbonyl (C=O) groups is 1. The molecule has 1 amide bonds. The molecule has 4 nitrogen and oxygen atoms in total. The van der Waals surface area contributed by atoms with Crippen molar-refractivity contribution in [3.63, 3.8) is 0 Å². The molecule has 2 fully saturated rings. The first-order valence-electron chi connectivity index (χ1n) is 5.83. The first kappa shape index (κ1) is 10.9.